The highest BCUT2D eigenvalue weighted by atomic mass is 127. The van der Waals surface area contributed by atoms with Crippen LogP contribution in [0.1, 0.15) is 44.1 Å². The van der Waals surface area contributed by atoms with Crippen LogP contribution >= 0.6 is 24.0 Å². The molecule has 1 aromatic rings. The lowest BCUT2D eigenvalue weighted by Gasteiger charge is -2.26. The molecule has 2 amide bonds. The third-order valence-corrected chi connectivity index (χ3v) is 5.96. The number of hydrogen-bond donors (Lipinski definition) is 2. The first-order valence-corrected chi connectivity index (χ1v) is 11.1. The highest BCUT2D eigenvalue weighted by Gasteiger charge is 2.31. The van der Waals surface area contributed by atoms with Gasteiger partial charge in [0.05, 0.1) is 13.1 Å². The minimum Gasteiger partial charge on any atom is -0.352 e. The number of amides is 2. The van der Waals surface area contributed by atoms with Gasteiger partial charge in [0.1, 0.15) is 0 Å². The first-order valence-electron chi connectivity index (χ1n) is 11.1. The monoisotopic (exact) mass is 541 g/mol. The van der Waals surface area contributed by atoms with Gasteiger partial charge in [-0.2, -0.15) is 0 Å². The van der Waals surface area contributed by atoms with E-state index in [2.05, 4.69) is 15.6 Å². The van der Waals surface area contributed by atoms with Crippen LogP contribution in [-0.4, -0.2) is 67.3 Å². The molecule has 1 unspecified atom stereocenters. The van der Waals surface area contributed by atoms with Gasteiger partial charge in [-0.15, -0.1) is 24.0 Å². The number of carbonyl (C=O) groups excluding carboxylic acids is 2. The van der Waals surface area contributed by atoms with E-state index in [-0.39, 0.29) is 48.4 Å². The quantitative estimate of drug-likeness (QED) is 0.330. The Bertz CT molecular complexity index is 735. The predicted octanol–water partition coefficient (Wildman–Crippen LogP) is 2.61. The molecule has 1 atom stereocenters. The highest BCUT2D eigenvalue weighted by Crippen LogP contribution is 2.26. The van der Waals surface area contributed by atoms with Crippen molar-refractivity contribution < 1.29 is 9.59 Å². The molecule has 2 fully saturated rings. The van der Waals surface area contributed by atoms with Crippen LogP contribution in [-0.2, 0) is 16.1 Å². The van der Waals surface area contributed by atoms with Gasteiger partial charge in [0, 0.05) is 39.1 Å². The summed E-state index contributed by atoms with van der Waals surface area (Å²) in [6, 6.07) is 10.2. The number of likely N-dealkylation sites (tertiary alicyclic amines) is 1. The summed E-state index contributed by atoms with van der Waals surface area (Å²) >= 11 is 0. The number of benzene rings is 1. The average molecular weight is 541 g/mol. The molecule has 0 aromatic heterocycles. The van der Waals surface area contributed by atoms with Gasteiger partial charge in [-0.05, 0) is 24.8 Å². The smallest absolute Gasteiger partial charge is 0.241 e. The first kappa shape index (κ1) is 25.4. The second kappa shape index (κ2) is 12.9. The van der Waals surface area contributed by atoms with E-state index in [0.717, 1.165) is 31.4 Å². The lowest BCUT2D eigenvalue weighted by molar-refractivity contribution is -0.135. The van der Waals surface area contributed by atoms with Crippen LogP contribution in [0.5, 0.6) is 0 Å². The lowest BCUT2D eigenvalue weighted by atomic mass is 9.88. The molecule has 1 heterocycles. The number of carbonyl (C=O) groups is 2. The molecule has 0 radical (unpaired) electrons. The fourth-order valence-corrected chi connectivity index (χ4v) is 4.10. The van der Waals surface area contributed by atoms with Gasteiger partial charge in [0.2, 0.25) is 11.8 Å². The van der Waals surface area contributed by atoms with E-state index in [0.29, 0.717) is 25.0 Å². The molecule has 1 aliphatic heterocycles. The van der Waals surface area contributed by atoms with Gasteiger partial charge in [0.15, 0.2) is 5.96 Å². The summed E-state index contributed by atoms with van der Waals surface area (Å²) < 4.78 is 0. The largest absolute Gasteiger partial charge is 0.352 e. The van der Waals surface area contributed by atoms with Gasteiger partial charge >= 0.3 is 0 Å². The Morgan fingerprint density at radius 3 is 2.48 bits per heavy atom. The van der Waals surface area contributed by atoms with E-state index in [1.807, 2.05) is 35.2 Å². The van der Waals surface area contributed by atoms with Crippen LogP contribution in [0, 0.1) is 5.92 Å². The van der Waals surface area contributed by atoms with E-state index in [1.54, 1.807) is 19.0 Å². The SMILES string of the molecule is CN(C)C(=O)CNC(=NCc1ccccc1)NC1CCN(C(=O)C2CCCCC2)C1.I. The van der Waals surface area contributed by atoms with E-state index < -0.39 is 0 Å². The number of rotatable bonds is 6. The summed E-state index contributed by atoms with van der Waals surface area (Å²) in [6.07, 6.45) is 6.56. The van der Waals surface area contributed by atoms with Crippen molar-refractivity contribution in [2.75, 3.05) is 33.7 Å². The van der Waals surface area contributed by atoms with Crippen molar-refractivity contribution >= 4 is 41.8 Å². The van der Waals surface area contributed by atoms with Gasteiger partial charge in [-0.1, -0.05) is 49.6 Å². The summed E-state index contributed by atoms with van der Waals surface area (Å²) in [5.74, 6) is 1.13. The molecule has 2 aliphatic rings. The first-order chi connectivity index (χ1) is 14.5. The van der Waals surface area contributed by atoms with Crippen LogP contribution in [0.15, 0.2) is 35.3 Å². The van der Waals surface area contributed by atoms with E-state index in [9.17, 15) is 9.59 Å². The Morgan fingerprint density at radius 1 is 1.10 bits per heavy atom. The summed E-state index contributed by atoms with van der Waals surface area (Å²) in [4.78, 5) is 33.1. The van der Waals surface area contributed by atoms with E-state index >= 15 is 0 Å². The lowest BCUT2D eigenvalue weighted by Crippen LogP contribution is -2.48. The van der Waals surface area contributed by atoms with Crippen molar-refractivity contribution in [3.63, 3.8) is 0 Å². The minimum absolute atomic E-state index is 0. The average Bonchev–Trinajstić information content (AvgIpc) is 3.24. The number of nitrogens with one attached hydrogen (secondary N) is 2. The molecule has 0 bridgehead atoms. The van der Waals surface area contributed by atoms with Crippen molar-refractivity contribution in [2.45, 2.75) is 51.1 Å². The Kier molecular flexibility index (Phi) is 10.6. The number of likely N-dealkylation sites (N-methyl/N-ethyl adjacent to an activating group) is 1. The zero-order chi connectivity index (χ0) is 21.3. The molecule has 7 nitrogen and oxygen atoms in total. The van der Waals surface area contributed by atoms with Gasteiger partial charge in [-0.25, -0.2) is 4.99 Å². The normalized spacial score (nSPS) is 19.5. The van der Waals surface area contributed by atoms with Crippen LogP contribution in [0.4, 0.5) is 0 Å². The van der Waals surface area contributed by atoms with Crippen LogP contribution in [0.25, 0.3) is 0 Å². The Labute approximate surface area is 203 Å². The molecule has 8 heteroatoms. The number of nitrogens with zero attached hydrogens (tertiary/aromatic N) is 3. The van der Waals surface area contributed by atoms with Crippen LogP contribution < -0.4 is 10.6 Å². The molecule has 1 aliphatic carbocycles. The summed E-state index contributed by atoms with van der Waals surface area (Å²) in [5, 5.41) is 6.59. The van der Waals surface area contributed by atoms with Crippen LogP contribution in [0.3, 0.4) is 0 Å². The fourth-order valence-electron chi connectivity index (χ4n) is 4.10. The number of guanidine groups is 1. The maximum absolute atomic E-state index is 12.8. The van der Waals surface area contributed by atoms with Gasteiger partial charge in [-0.3, -0.25) is 9.59 Å². The molecule has 3 rings (SSSR count). The van der Waals surface area contributed by atoms with Crippen molar-refractivity contribution in [1.29, 1.82) is 0 Å². The van der Waals surface area contributed by atoms with Gasteiger partial charge in [0.25, 0.3) is 0 Å². The Balaban J connectivity index is 0.00000341. The van der Waals surface area contributed by atoms with Crippen molar-refractivity contribution in [1.82, 2.24) is 20.4 Å². The van der Waals surface area contributed by atoms with E-state index in [1.165, 1.54) is 19.3 Å². The molecule has 1 saturated heterocycles. The molecule has 1 saturated carbocycles. The van der Waals surface area contributed by atoms with Crippen molar-refractivity contribution in [3.8, 4) is 0 Å². The second-order valence-corrected chi connectivity index (χ2v) is 8.54. The predicted molar refractivity (Wildman–Crippen MR) is 134 cm³/mol. The zero-order valence-electron chi connectivity index (χ0n) is 18.7. The topological polar surface area (TPSA) is 77.0 Å². The molecule has 1 aromatic carbocycles. The molecule has 31 heavy (non-hydrogen) atoms. The third kappa shape index (κ3) is 7.97. The van der Waals surface area contributed by atoms with Gasteiger partial charge < -0.3 is 20.4 Å². The zero-order valence-corrected chi connectivity index (χ0v) is 21.0. The maximum atomic E-state index is 12.8. The molecular weight excluding hydrogens is 505 g/mol. The van der Waals surface area contributed by atoms with E-state index in [4.69, 9.17) is 0 Å². The van der Waals surface area contributed by atoms with Crippen molar-refractivity contribution in [2.24, 2.45) is 10.9 Å². The molecule has 0 spiro atoms. The second-order valence-electron chi connectivity index (χ2n) is 8.54. The third-order valence-electron chi connectivity index (χ3n) is 5.96. The standard InChI is InChI=1S/C23H35N5O2.HI/c1-27(2)21(29)16-25-23(24-15-18-9-5-3-6-10-18)26-20-13-14-28(17-20)22(30)19-11-7-4-8-12-19;/h3,5-6,9-10,19-20H,4,7-8,11-17H2,1-2H3,(H2,24,25,26);1H. The fraction of sp³-hybridized carbons (Fsp3) is 0.609. The summed E-state index contributed by atoms with van der Waals surface area (Å²) in [5.41, 5.74) is 1.11. The molecular formula is C23H36IN5O2. The Morgan fingerprint density at radius 2 is 1.81 bits per heavy atom. The highest BCUT2D eigenvalue weighted by molar-refractivity contribution is 14.0. The van der Waals surface area contributed by atoms with Crippen LogP contribution in [0.2, 0.25) is 0 Å². The Hall–Kier alpha value is -1.84. The number of hydrogen-bond acceptors (Lipinski definition) is 3. The minimum atomic E-state index is -0.00950. The summed E-state index contributed by atoms with van der Waals surface area (Å²) in [7, 11) is 3.48. The number of aliphatic imine (C=N–C) groups is 1. The molecule has 2 N–H and O–H groups in total. The molecule has 172 valence electrons. The maximum Gasteiger partial charge on any atom is 0.241 e. The van der Waals surface area contributed by atoms with Crippen molar-refractivity contribution in [3.05, 3.63) is 35.9 Å². The summed E-state index contributed by atoms with van der Waals surface area (Å²) in [6.45, 7) is 2.20. The number of halogens is 1.